The first-order valence-corrected chi connectivity index (χ1v) is 17.2. The van der Waals surface area contributed by atoms with E-state index in [-0.39, 0.29) is 0 Å². The van der Waals surface area contributed by atoms with E-state index in [1.165, 1.54) is 77.0 Å². The van der Waals surface area contributed by atoms with Crippen LogP contribution < -0.4 is 0 Å². The molecule has 0 atom stereocenters. The van der Waals surface area contributed by atoms with Crippen LogP contribution in [0, 0.1) is 0 Å². The molecule has 0 saturated carbocycles. The molecule has 2 heterocycles. The summed E-state index contributed by atoms with van der Waals surface area (Å²) >= 11 is 0. The minimum atomic E-state index is 1.15. The largest absolute Gasteiger partial charge is 0.309 e. The number of nitrogens with zero attached hydrogens (tertiary/aromatic N) is 2. The van der Waals surface area contributed by atoms with E-state index in [0.717, 1.165) is 11.4 Å². The predicted molar refractivity (Wildman–Crippen MR) is 211 cm³/mol. The van der Waals surface area contributed by atoms with Crippen molar-refractivity contribution in [2.75, 3.05) is 0 Å². The van der Waals surface area contributed by atoms with Crippen LogP contribution in [-0.2, 0) is 0 Å². The van der Waals surface area contributed by atoms with Crippen LogP contribution in [0.3, 0.4) is 0 Å². The molecule has 0 fully saturated rings. The van der Waals surface area contributed by atoms with Gasteiger partial charge in [-0.1, -0.05) is 152 Å². The molecule has 234 valence electrons. The van der Waals surface area contributed by atoms with Gasteiger partial charge < -0.3 is 9.13 Å². The van der Waals surface area contributed by atoms with Crippen LogP contribution in [0.15, 0.2) is 194 Å². The van der Waals surface area contributed by atoms with Crippen LogP contribution in [0.5, 0.6) is 0 Å². The Kier molecular flexibility index (Phi) is 6.53. The van der Waals surface area contributed by atoms with Gasteiger partial charge in [-0.15, -0.1) is 0 Å². The number of benzene rings is 8. The van der Waals surface area contributed by atoms with Crippen molar-refractivity contribution in [3.63, 3.8) is 0 Å². The van der Waals surface area contributed by atoms with E-state index in [9.17, 15) is 0 Å². The topological polar surface area (TPSA) is 9.86 Å². The fourth-order valence-electron chi connectivity index (χ4n) is 7.82. The molecule has 0 saturated heterocycles. The quantitative estimate of drug-likeness (QED) is 0.178. The molecule has 0 unspecified atom stereocenters. The van der Waals surface area contributed by atoms with Gasteiger partial charge in [-0.3, -0.25) is 0 Å². The van der Waals surface area contributed by atoms with E-state index in [2.05, 4.69) is 203 Å². The lowest BCUT2D eigenvalue weighted by atomic mass is 10.0. The van der Waals surface area contributed by atoms with E-state index in [1.54, 1.807) is 0 Å². The van der Waals surface area contributed by atoms with Gasteiger partial charge >= 0.3 is 0 Å². The van der Waals surface area contributed by atoms with Gasteiger partial charge in [0.05, 0.1) is 27.8 Å². The van der Waals surface area contributed by atoms with Crippen molar-refractivity contribution in [1.29, 1.82) is 0 Å². The highest BCUT2D eigenvalue weighted by molar-refractivity contribution is 6.12. The minimum Gasteiger partial charge on any atom is -0.309 e. The molecule has 0 aliphatic carbocycles. The Hall–Kier alpha value is -6.64. The highest BCUT2D eigenvalue weighted by Crippen LogP contribution is 2.40. The van der Waals surface area contributed by atoms with Gasteiger partial charge in [0.2, 0.25) is 0 Å². The summed E-state index contributed by atoms with van der Waals surface area (Å²) < 4.78 is 4.88. The van der Waals surface area contributed by atoms with Gasteiger partial charge in [-0.2, -0.15) is 0 Å². The third-order valence-corrected chi connectivity index (χ3v) is 10.1. The zero-order valence-electron chi connectivity index (χ0n) is 27.4. The SMILES string of the molecule is c1ccc(-c2ccc3c4ccc(-c5ccccc5)cc4n(-c4ccccc4-c4cccc(-n5c6ccccc6c6ccccc65)c4)c3c2)cc1. The monoisotopic (exact) mass is 636 g/mol. The van der Waals surface area contributed by atoms with E-state index in [0.29, 0.717) is 0 Å². The number of hydrogen-bond donors (Lipinski definition) is 0. The van der Waals surface area contributed by atoms with Crippen LogP contribution in [0.25, 0.3) is 88.4 Å². The maximum Gasteiger partial charge on any atom is 0.0547 e. The Morgan fingerprint density at radius 3 is 1.34 bits per heavy atom. The first kappa shape index (κ1) is 28.4. The molecule has 0 N–H and O–H groups in total. The summed E-state index contributed by atoms with van der Waals surface area (Å²) in [6.45, 7) is 0. The molecule has 0 bridgehead atoms. The van der Waals surface area contributed by atoms with Gasteiger partial charge in [-0.25, -0.2) is 0 Å². The zero-order valence-corrected chi connectivity index (χ0v) is 27.4. The van der Waals surface area contributed by atoms with Crippen molar-refractivity contribution in [3.05, 3.63) is 194 Å². The molecule has 2 nitrogen and oxygen atoms in total. The standard InChI is InChI=1S/C48H32N2/c1-3-14-33(15-4-1)35-26-28-42-43-29-27-36(34-16-5-2-6-17-34)32-48(43)50(47(42)31-35)44-23-10-7-20-39(44)37-18-13-19-38(30-37)49-45-24-11-8-21-40(45)41-22-9-12-25-46(41)49/h1-32H. The number of fused-ring (bicyclic) bond motifs is 6. The fourth-order valence-corrected chi connectivity index (χ4v) is 7.82. The summed E-state index contributed by atoms with van der Waals surface area (Å²) in [6, 6.07) is 70.5. The minimum absolute atomic E-state index is 1.15. The van der Waals surface area contributed by atoms with E-state index in [4.69, 9.17) is 0 Å². The first-order valence-electron chi connectivity index (χ1n) is 17.2. The average Bonchev–Trinajstić information content (AvgIpc) is 3.71. The summed E-state index contributed by atoms with van der Waals surface area (Å²) in [5.41, 5.74) is 14.3. The molecule has 8 aromatic carbocycles. The van der Waals surface area contributed by atoms with Crippen molar-refractivity contribution < 1.29 is 0 Å². The summed E-state index contributed by atoms with van der Waals surface area (Å²) in [5, 5.41) is 5.02. The van der Waals surface area contributed by atoms with Gasteiger partial charge in [0.25, 0.3) is 0 Å². The predicted octanol–water partition coefficient (Wildman–Crippen LogP) is 12.9. The van der Waals surface area contributed by atoms with Crippen molar-refractivity contribution in [2.24, 2.45) is 0 Å². The van der Waals surface area contributed by atoms with E-state index in [1.807, 2.05) is 0 Å². The molecule has 0 radical (unpaired) electrons. The molecule has 0 aliphatic heterocycles. The van der Waals surface area contributed by atoms with Crippen LogP contribution in [0.4, 0.5) is 0 Å². The Morgan fingerprint density at radius 2 is 0.740 bits per heavy atom. The van der Waals surface area contributed by atoms with Gasteiger partial charge in [0, 0.05) is 32.8 Å². The third-order valence-electron chi connectivity index (χ3n) is 10.1. The number of para-hydroxylation sites is 3. The maximum absolute atomic E-state index is 2.48. The lowest BCUT2D eigenvalue weighted by molar-refractivity contribution is 1.17. The fraction of sp³-hybridized carbons (Fsp3) is 0. The molecule has 2 heteroatoms. The summed E-state index contributed by atoms with van der Waals surface area (Å²) in [7, 11) is 0. The number of hydrogen-bond acceptors (Lipinski definition) is 0. The van der Waals surface area contributed by atoms with Crippen LogP contribution >= 0.6 is 0 Å². The van der Waals surface area contributed by atoms with E-state index >= 15 is 0 Å². The third kappa shape index (κ3) is 4.50. The molecule has 0 amide bonds. The molecule has 0 aliphatic rings. The highest BCUT2D eigenvalue weighted by Gasteiger charge is 2.18. The maximum atomic E-state index is 2.48. The van der Waals surface area contributed by atoms with Gasteiger partial charge in [-0.05, 0) is 70.3 Å². The second-order valence-electron chi connectivity index (χ2n) is 13.0. The molecule has 10 rings (SSSR count). The van der Waals surface area contributed by atoms with Crippen molar-refractivity contribution in [3.8, 4) is 44.8 Å². The lowest BCUT2D eigenvalue weighted by Gasteiger charge is -2.16. The summed E-state index contributed by atoms with van der Waals surface area (Å²) in [6.07, 6.45) is 0. The Morgan fingerprint density at radius 1 is 0.260 bits per heavy atom. The zero-order chi connectivity index (χ0) is 33.0. The van der Waals surface area contributed by atoms with Crippen molar-refractivity contribution in [1.82, 2.24) is 9.13 Å². The highest BCUT2D eigenvalue weighted by atomic mass is 15.0. The van der Waals surface area contributed by atoms with Crippen LogP contribution in [0.2, 0.25) is 0 Å². The van der Waals surface area contributed by atoms with Crippen LogP contribution in [-0.4, -0.2) is 9.13 Å². The molecule has 0 spiro atoms. The molecule has 50 heavy (non-hydrogen) atoms. The van der Waals surface area contributed by atoms with Crippen molar-refractivity contribution in [2.45, 2.75) is 0 Å². The lowest BCUT2D eigenvalue weighted by Crippen LogP contribution is -1.99. The smallest absolute Gasteiger partial charge is 0.0547 e. The summed E-state index contributed by atoms with van der Waals surface area (Å²) in [4.78, 5) is 0. The second-order valence-corrected chi connectivity index (χ2v) is 13.0. The Balaban J connectivity index is 1.23. The van der Waals surface area contributed by atoms with Crippen LogP contribution in [0.1, 0.15) is 0 Å². The number of aromatic nitrogens is 2. The molecule has 10 aromatic rings. The van der Waals surface area contributed by atoms with Gasteiger partial charge in [0.1, 0.15) is 0 Å². The normalized spacial score (nSPS) is 11.6. The van der Waals surface area contributed by atoms with Crippen molar-refractivity contribution >= 4 is 43.6 Å². The second kappa shape index (κ2) is 11.5. The molecular formula is C48H32N2. The molecule has 2 aromatic heterocycles. The van der Waals surface area contributed by atoms with Gasteiger partial charge in [0.15, 0.2) is 0 Å². The molecular weight excluding hydrogens is 605 g/mol. The number of rotatable bonds is 5. The summed E-state index contributed by atoms with van der Waals surface area (Å²) in [5.74, 6) is 0. The first-order chi connectivity index (χ1) is 24.8. The Bertz CT molecular complexity index is 2710. The van der Waals surface area contributed by atoms with E-state index < -0.39 is 0 Å². The Labute approximate surface area is 290 Å². The average molecular weight is 637 g/mol.